The third kappa shape index (κ3) is 6.68. The van der Waals surface area contributed by atoms with E-state index in [2.05, 4.69) is 27.7 Å². The van der Waals surface area contributed by atoms with Gasteiger partial charge in [-0.2, -0.15) is 0 Å². The van der Waals surface area contributed by atoms with Crippen LogP contribution in [0.4, 0.5) is 0 Å². The molecule has 2 heterocycles. The molecule has 2 aliphatic rings. The number of thioether (sulfide) groups is 2. The summed E-state index contributed by atoms with van der Waals surface area (Å²) in [5, 5.41) is 6.29. The number of amides is 1. The van der Waals surface area contributed by atoms with Gasteiger partial charge < -0.3 is 20.3 Å². The molecule has 0 aliphatic carbocycles. The van der Waals surface area contributed by atoms with Crippen molar-refractivity contribution in [2.24, 2.45) is 0 Å². The molecule has 2 saturated heterocycles. The number of rotatable bonds is 8. The summed E-state index contributed by atoms with van der Waals surface area (Å²) in [6, 6.07) is 8.19. The van der Waals surface area contributed by atoms with Crippen LogP contribution < -0.4 is 15.4 Å². The molecule has 26 heavy (non-hydrogen) atoms. The highest BCUT2D eigenvalue weighted by atomic mass is 32.2. The highest BCUT2D eigenvalue weighted by Gasteiger charge is 2.16. The van der Waals surface area contributed by atoms with Crippen LogP contribution in [0.5, 0.6) is 5.75 Å². The van der Waals surface area contributed by atoms with Gasteiger partial charge in [0.05, 0.1) is 4.58 Å². The standard InChI is InChI=1S/C19H29N3O2S2/c23-18(21-7-1-10-22-11-8-20-9-12-22)15-24-17-5-3-16(4-6-17)19-25-13-2-14-26-19/h3-6,19-20H,1-2,7-15H2,(H,21,23). The lowest BCUT2D eigenvalue weighted by molar-refractivity contribution is -0.123. The maximum Gasteiger partial charge on any atom is 0.257 e. The highest BCUT2D eigenvalue weighted by molar-refractivity contribution is 8.16. The topological polar surface area (TPSA) is 53.6 Å². The second-order valence-electron chi connectivity index (χ2n) is 6.58. The Bertz CT molecular complexity index is 544. The van der Waals surface area contributed by atoms with Gasteiger partial charge in [-0.15, -0.1) is 23.5 Å². The van der Waals surface area contributed by atoms with Crippen LogP contribution in [0, 0.1) is 0 Å². The Morgan fingerprint density at radius 3 is 2.65 bits per heavy atom. The number of nitrogens with one attached hydrogen (secondary N) is 2. The first-order valence-corrected chi connectivity index (χ1v) is 11.6. The summed E-state index contributed by atoms with van der Waals surface area (Å²) >= 11 is 4.03. The Hall–Kier alpha value is -0.890. The minimum Gasteiger partial charge on any atom is -0.484 e. The average Bonchev–Trinajstić information content (AvgIpc) is 2.71. The molecular weight excluding hydrogens is 366 g/mol. The van der Waals surface area contributed by atoms with Crippen LogP contribution in [0.15, 0.2) is 24.3 Å². The normalized spacial score (nSPS) is 19.2. The third-order valence-corrected chi connectivity index (χ3v) is 7.55. The molecule has 3 rings (SSSR count). The third-order valence-electron chi connectivity index (χ3n) is 4.53. The minimum atomic E-state index is -0.0484. The van der Waals surface area contributed by atoms with Crippen molar-refractivity contribution in [2.75, 3.05) is 57.4 Å². The summed E-state index contributed by atoms with van der Waals surface area (Å²) in [4.78, 5) is 14.3. The van der Waals surface area contributed by atoms with Crippen LogP contribution in [0.25, 0.3) is 0 Å². The summed E-state index contributed by atoms with van der Waals surface area (Å²) in [7, 11) is 0. The zero-order valence-electron chi connectivity index (χ0n) is 15.2. The fraction of sp³-hybridized carbons (Fsp3) is 0.632. The van der Waals surface area contributed by atoms with Crippen molar-refractivity contribution < 1.29 is 9.53 Å². The van der Waals surface area contributed by atoms with Gasteiger partial charge in [0, 0.05) is 32.7 Å². The van der Waals surface area contributed by atoms with Crippen molar-refractivity contribution >= 4 is 29.4 Å². The van der Waals surface area contributed by atoms with Crippen molar-refractivity contribution in [3.63, 3.8) is 0 Å². The number of carbonyl (C=O) groups excluding carboxylic acids is 1. The lowest BCUT2D eigenvalue weighted by Gasteiger charge is -2.27. The fourth-order valence-corrected chi connectivity index (χ4v) is 5.96. The van der Waals surface area contributed by atoms with Crippen LogP contribution in [0.1, 0.15) is 23.0 Å². The van der Waals surface area contributed by atoms with Crippen molar-refractivity contribution in [1.82, 2.24) is 15.5 Å². The SMILES string of the molecule is O=C(COc1ccc(C2SCCCS2)cc1)NCCCN1CCNCC1. The maximum absolute atomic E-state index is 11.9. The highest BCUT2D eigenvalue weighted by Crippen LogP contribution is 2.43. The van der Waals surface area contributed by atoms with E-state index in [1.54, 1.807) is 0 Å². The summed E-state index contributed by atoms with van der Waals surface area (Å²) in [6.45, 7) is 6.17. The molecule has 2 N–H and O–H groups in total. The molecule has 0 aromatic heterocycles. The molecule has 2 fully saturated rings. The second kappa shape index (κ2) is 11.1. The van der Waals surface area contributed by atoms with Gasteiger partial charge in [-0.3, -0.25) is 4.79 Å². The first-order valence-electron chi connectivity index (χ1n) is 9.47. The van der Waals surface area contributed by atoms with E-state index in [9.17, 15) is 4.79 Å². The second-order valence-corrected chi connectivity index (χ2v) is 9.30. The number of nitrogens with zero attached hydrogens (tertiary/aromatic N) is 1. The first kappa shape index (κ1) is 19.9. The molecule has 0 radical (unpaired) electrons. The van der Waals surface area contributed by atoms with E-state index in [-0.39, 0.29) is 12.5 Å². The van der Waals surface area contributed by atoms with Crippen LogP contribution in [-0.4, -0.2) is 68.2 Å². The molecule has 5 nitrogen and oxygen atoms in total. The predicted molar refractivity (Wildman–Crippen MR) is 111 cm³/mol. The molecule has 7 heteroatoms. The van der Waals surface area contributed by atoms with E-state index < -0.39 is 0 Å². The van der Waals surface area contributed by atoms with Gasteiger partial charge in [-0.05, 0) is 48.6 Å². The lowest BCUT2D eigenvalue weighted by atomic mass is 10.2. The van der Waals surface area contributed by atoms with Gasteiger partial charge in [-0.1, -0.05) is 12.1 Å². The maximum atomic E-state index is 11.9. The molecular formula is C19H29N3O2S2. The largest absolute Gasteiger partial charge is 0.484 e. The number of piperazine rings is 1. The van der Waals surface area contributed by atoms with Gasteiger partial charge in [0.2, 0.25) is 0 Å². The van der Waals surface area contributed by atoms with Crippen LogP contribution in [0.3, 0.4) is 0 Å². The molecule has 1 aromatic rings. The van der Waals surface area contributed by atoms with Crippen molar-refractivity contribution in [2.45, 2.75) is 17.4 Å². The first-order chi connectivity index (χ1) is 12.8. The molecule has 0 saturated carbocycles. The molecule has 144 valence electrons. The van der Waals surface area contributed by atoms with Crippen molar-refractivity contribution in [3.05, 3.63) is 29.8 Å². The molecule has 2 aliphatic heterocycles. The minimum absolute atomic E-state index is 0.0484. The van der Waals surface area contributed by atoms with Crippen LogP contribution in [-0.2, 0) is 4.79 Å². The number of hydrogen-bond acceptors (Lipinski definition) is 6. The summed E-state index contributed by atoms with van der Waals surface area (Å²) in [6.07, 6.45) is 2.29. The number of carbonyl (C=O) groups is 1. The van der Waals surface area contributed by atoms with Gasteiger partial charge in [0.15, 0.2) is 6.61 Å². The molecule has 0 unspecified atom stereocenters. The van der Waals surface area contributed by atoms with Crippen LogP contribution >= 0.6 is 23.5 Å². The van der Waals surface area contributed by atoms with Gasteiger partial charge >= 0.3 is 0 Å². The van der Waals surface area contributed by atoms with Crippen molar-refractivity contribution in [3.8, 4) is 5.75 Å². The Balaban J connectivity index is 1.29. The van der Waals surface area contributed by atoms with Gasteiger partial charge in [0.25, 0.3) is 5.91 Å². The smallest absolute Gasteiger partial charge is 0.257 e. The summed E-state index contributed by atoms with van der Waals surface area (Å²) in [5.41, 5.74) is 1.34. The zero-order valence-corrected chi connectivity index (χ0v) is 16.9. The van der Waals surface area contributed by atoms with Crippen LogP contribution in [0.2, 0.25) is 0 Å². The Kier molecular flexibility index (Phi) is 8.45. The molecule has 1 aromatic carbocycles. The Labute approximate surface area is 165 Å². The van der Waals surface area contributed by atoms with E-state index in [1.165, 1.54) is 23.5 Å². The van der Waals surface area contributed by atoms with E-state index in [0.29, 0.717) is 11.1 Å². The van der Waals surface area contributed by atoms with Crippen molar-refractivity contribution in [1.29, 1.82) is 0 Å². The Morgan fingerprint density at radius 2 is 1.92 bits per heavy atom. The lowest BCUT2D eigenvalue weighted by Crippen LogP contribution is -2.44. The zero-order chi connectivity index (χ0) is 18.0. The quantitative estimate of drug-likeness (QED) is 0.659. The molecule has 0 atom stereocenters. The number of ether oxygens (including phenoxy) is 1. The van der Waals surface area contributed by atoms with E-state index in [1.807, 2.05) is 35.7 Å². The Morgan fingerprint density at radius 1 is 1.19 bits per heavy atom. The van der Waals surface area contributed by atoms with E-state index in [0.717, 1.165) is 44.9 Å². The predicted octanol–water partition coefficient (Wildman–Crippen LogP) is 2.35. The molecule has 0 spiro atoms. The summed E-state index contributed by atoms with van der Waals surface area (Å²) in [5.74, 6) is 3.19. The van der Waals surface area contributed by atoms with Gasteiger partial charge in [-0.25, -0.2) is 0 Å². The number of hydrogen-bond donors (Lipinski definition) is 2. The molecule has 0 bridgehead atoms. The summed E-state index contributed by atoms with van der Waals surface area (Å²) < 4.78 is 6.15. The van der Waals surface area contributed by atoms with Gasteiger partial charge in [0.1, 0.15) is 5.75 Å². The monoisotopic (exact) mass is 395 g/mol. The van der Waals surface area contributed by atoms with E-state index in [4.69, 9.17) is 4.74 Å². The van der Waals surface area contributed by atoms with E-state index >= 15 is 0 Å². The number of benzene rings is 1. The average molecular weight is 396 g/mol. The molecule has 1 amide bonds. The fourth-order valence-electron chi connectivity index (χ4n) is 3.07.